The van der Waals surface area contributed by atoms with E-state index >= 15 is 0 Å². The minimum atomic E-state index is -1.54. The SMILES string of the molecule is OB(O)c1ccc2cnn(Oc3ccc(Oc4ccccc4)cc3)c2c1. The van der Waals surface area contributed by atoms with Crippen LogP contribution in [0.2, 0.25) is 0 Å². The average Bonchev–Trinajstić information content (AvgIpc) is 3.06. The second kappa shape index (κ2) is 6.91. The van der Waals surface area contributed by atoms with Crippen molar-refractivity contribution in [2.75, 3.05) is 0 Å². The summed E-state index contributed by atoms with van der Waals surface area (Å²) in [7, 11) is -1.54. The van der Waals surface area contributed by atoms with Gasteiger partial charge in [0.2, 0.25) is 0 Å². The highest BCUT2D eigenvalue weighted by molar-refractivity contribution is 6.58. The summed E-state index contributed by atoms with van der Waals surface area (Å²) in [6.45, 7) is 0. The second-order valence-corrected chi connectivity index (χ2v) is 5.69. The molecule has 0 unspecified atom stereocenters. The molecule has 0 bridgehead atoms. The number of fused-ring (bicyclic) bond motifs is 1. The molecule has 3 aromatic carbocycles. The molecule has 0 radical (unpaired) electrons. The fraction of sp³-hybridized carbons (Fsp3) is 0. The van der Waals surface area contributed by atoms with E-state index in [9.17, 15) is 10.0 Å². The van der Waals surface area contributed by atoms with E-state index in [2.05, 4.69) is 5.10 Å². The Balaban J connectivity index is 1.54. The Morgan fingerprint density at radius 2 is 1.50 bits per heavy atom. The zero-order valence-corrected chi connectivity index (χ0v) is 13.7. The Labute approximate surface area is 149 Å². The first-order valence-corrected chi connectivity index (χ1v) is 8.04. The highest BCUT2D eigenvalue weighted by atomic mass is 16.7. The molecule has 0 atom stereocenters. The maximum absolute atomic E-state index is 9.32. The van der Waals surface area contributed by atoms with Crippen molar-refractivity contribution in [3.05, 3.63) is 79.0 Å². The van der Waals surface area contributed by atoms with E-state index in [0.717, 1.165) is 11.1 Å². The van der Waals surface area contributed by atoms with Crippen molar-refractivity contribution in [3.8, 4) is 17.2 Å². The van der Waals surface area contributed by atoms with Crippen LogP contribution in [0.15, 0.2) is 79.0 Å². The van der Waals surface area contributed by atoms with Crippen LogP contribution in [0.3, 0.4) is 0 Å². The maximum atomic E-state index is 9.32. The minimum Gasteiger partial charge on any atom is -0.457 e. The molecule has 0 fully saturated rings. The summed E-state index contributed by atoms with van der Waals surface area (Å²) in [6, 6.07) is 21.7. The van der Waals surface area contributed by atoms with Crippen LogP contribution in [-0.4, -0.2) is 27.1 Å². The van der Waals surface area contributed by atoms with Gasteiger partial charge in [0, 0.05) is 5.39 Å². The van der Waals surface area contributed by atoms with Gasteiger partial charge in [0.15, 0.2) is 5.75 Å². The van der Waals surface area contributed by atoms with E-state index in [1.165, 1.54) is 4.85 Å². The molecule has 0 aliphatic heterocycles. The number of benzene rings is 3. The molecule has 0 amide bonds. The van der Waals surface area contributed by atoms with Crippen LogP contribution in [0.5, 0.6) is 17.2 Å². The van der Waals surface area contributed by atoms with Gasteiger partial charge in [-0.3, -0.25) is 0 Å². The van der Waals surface area contributed by atoms with E-state index in [1.54, 1.807) is 48.7 Å². The first kappa shape index (κ1) is 16.2. The van der Waals surface area contributed by atoms with Crippen molar-refractivity contribution in [1.29, 1.82) is 0 Å². The number of para-hydroxylation sites is 1. The molecule has 26 heavy (non-hydrogen) atoms. The molecule has 128 valence electrons. The fourth-order valence-corrected chi connectivity index (χ4v) is 2.54. The number of hydrogen-bond donors (Lipinski definition) is 2. The number of rotatable bonds is 5. The zero-order valence-electron chi connectivity index (χ0n) is 13.7. The summed E-state index contributed by atoms with van der Waals surface area (Å²) in [5, 5.41) is 23.7. The van der Waals surface area contributed by atoms with Crippen molar-refractivity contribution in [2.45, 2.75) is 0 Å². The normalized spacial score (nSPS) is 10.7. The number of nitrogens with zero attached hydrogens (tertiary/aromatic N) is 2. The van der Waals surface area contributed by atoms with Crippen molar-refractivity contribution >= 4 is 23.5 Å². The molecular weight excluding hydrogens is 331 g/mol. The Morgan fingerprint density at radius 1 is 0.808 bits per heavy atom. The first-order chi connectivity index (χ1) is 12.7. The van der Waals surface area contributed by atoms with Crippen LogP contribution in [0, 0.1) is 0 Å². The molecule has 6 nitrogen and oxygen atoms in total. The maximum Gasteiger partial charge on any atom is 0.488 e. The van der Waals surface area contributed by atoms with Crippen molar-refractivity contribution < 1.29 is 19.6 Å². The molecule has 0 saturated carbocycles. The van der Waals surface area contributed by atoms with Crippen molar-refractivity contribution in [1.82, 2.24) is 9.94 Å². The predicted octanol–water partition coefficient (Wildman–Crippen LogP) is 2.35. The third kappa shape index (κ3) is 3.39. The predicted molar refractivity (Wildman–Crippen MR) is 98.5 cm³/mol. The van der Waals surface area contributed by atoms with Gasteiger partial charge in [0.1, 0.15) is 17.0 Å². The summed E-state index contributed by atoms with van der Waals surface area (Å²) >= 11 is 0. The number of ether oxygens (including phenoxy) is 1. The fourth-order valence-electron chi connectivity index (χ4n) is 2.54. The smallest absolute Gasteiger partial charge is 0.457 e. The summed E-state index contributed by atoms with van der Waals surface area (Å²) in [6.07, 6.45) is 1.65. The van der Waals surface area contributed by atoms with E-state index < -0.39 is 7.12 Å². The molecule has 0 spiro atoms. The summed E-state index contributed by atoms with van der Waals surface area (Å²) in [5.41, 5.74) is 1.01. The molecule has 4 aromatic rings. The van der Waals surface area contributed by atoms with Crippen LogP contribution in [0.4, 0.5) is 0 Å². The van der Waals surface area contributed by atoms with Gasteiger partial charge in [-0.15, -0.1) is 5.10 Å². The van der Waals surface area contributed by atoms with Crippen LogP contribution in [0.25, 0.3) is 10.9 Å². The quantitative estimate of drug-likeness (QED) is 0.543. The highest BCUT2D eigenvalue weighted by Crippen LogP contribution is 2.24. The third-order valence-electron chi connectivity index (χ3n) is 3.85. The van der Waals surface area contributed by atoms with E-state index in [1.807, 2.05) is 30.3 Å². The lowest BCUT2D eigenvalue weighted by atomic mass is 9.80. The van der Waals surface area contributed by atoms with E-state index in [4.69, 9.17) is 9.57 Å². The molecule has 0 saturated heterocycles. The monoisotopic (exact) mass is 346 g/mol. The van der Waals surface area contributed by atoms with Gasteiger partial charge in [-0.2, -0.15) is 0 Å². The van der Waals surface area contributed by atoms with Crippen molar-refractivity contribution in [2.24, 2.45) is 0 Å². The zero-order chi connectivity index (χ0) is 17.9. The van der Waals surface area contributed by atoms with Crippen LogP contribution in [0.1, 0.15) is 0 Å². The Bertz CT molecular complexity index is 1020. The van der Waals surface area contributed by atoms with Crippen LogP contribution < -0.4 is 15.0 Å². The van der Waals surface area contributed by atoms with Gasteiger partial charge in [-0.05, 0) is 47.9 Å². The lowest BCUT2D eigenvalue weighted by Gasteiger charge is -2.09. The van der Waals surface area contributed by atoms with Crippen LogP contribution in [-0.2, 0) is 0 Å². The van der Waals surface area contributed by atoms with E-state index in [-0.39, 0.29) is 0 Å². The van der Waals surface area contributed by atoms with Gasteiger partial charge in [-0.1, -0.05) is 35.2 Å². The van der Waals surface area contributed by atoms with Gasteiger partial charge in [0.05, 0.1) is 6.20 Å². The Kier molecular flexibility index (Phi) is 4.31. The lowest BCUT2D eigenvalue weighted by Crippen LogP contribution is -2.29. The van der Waals surface area contributed by atoms with Gasteiger partial charge < -0.3 is 19.6 Å². The third-order valence-corrected chi connectivity index (χ3v) is 3.85. The minimum absolute atomic E-state index is 0.370. The average molecular weight is 346 g/mol. The molecule has 2 N–H and O–H groups in total. The Morgan fingerprint density at radius 3 is 2.23 bits per heavy atom. The summed E-state index contributed by atoms with van der Waals surface area (Å²) < 4.78 is 5.75. The molecule has 1 heterocycles. The van der Waals surface area contributed by atoms with E-state index in [0.29, 0.717) is 22.5 Å². The molecule has 0 aliphatic carbocycles. The molecule has 0 aliphatic rings. The summed E-state index contributed by atoms with van der Waals surface area (Å²) in [4.78, 5) is 7.10. The Hall–Kier alpha value is -3.29. The molecular formula is C19H15BN2O4. The van der Waals surface area contributed by atoms with Crippen LogP contribution >= 0.6 is 0 Å². The van der Waals surface area contributed by atoms with Gasteiger partial charge >= 0.3 is 7.12 Å². The highest BCUT2D eigenvalue weighted by Gasteiger charge is 2.13. The standard InChI is InChI=1S/C19H15BN2O4/c23-20(24)15-7-6-14-13-21-22(19(14)12-15)26-18-10-8-17(9-11-18)25-16-4-2-1-3-5-16/h1-13,23-24H. The topological polar surface area (TPSA) is 76.7 Å². The molecule has 1 aromatic heterocycles. The molecule has 4 rings (SSSR count). The number of hydrogen-bond acceptors (Lipinski definition) is 5. The molecule has 7 heteroatoms. The van der Waals surface area contributed by atoms with Crippen molar-refractivity contribution in [3.63, 3.8) is 0 Å². The summed E-state index contributed by atoms with van der Waals surface area (Å²) in [5.74, 6) is 2.03. The number of aromatic nitrogens is 2. The van der Waals surface area contributed by atoms with Gasteiger partial charge in [0.25, 0.3) is 0 Å². The first-order valence-electron chi connectivity index (χ1n) is 8.04. The second-order valence-electron chi connectivity index (χ2n) is 5.69. The lowest BCUT2D eigenvalue weighted by molar-refractivity contribution is 0.191. The van der Waals surface area contributed by atoms with Gasteiger partial charge in [-0.25, -0.2) is 0 Å². The largest absolute Gasteiger partial charge is 0.488 e.